The molecule has 0 saturated carbocycles. The number of halogens is 2. The van der Waals surface area contributed by atoms with Crippen molar-refractivity contribution in [2.75, 3.05) is 6.61 Å². The van der Waals surface area contributed by atoms with Crippen molar-refractivity contribution in [2.45, 2.75) is 56.3 Å². The van der Waals surface area contributed by atoms with Crippen LogP contribution in [0.4, 0.5) is 0 Å². The number of aliphatic carboxylic acids is 1. The van der Waals surface area contributed by atoms with Gasteiger partial charge in [0.1, 0.15) is 29.9 Å². The van der Waals surface area contributed by atoms with E-state index in [-0.39, 0.29) is 30.7 Å². The van der Waals surface area contributed by atoms with Gasteiger partial charge in [0, 0.05) is 41.7 Å². The maximum absolute atomic E-state index is 14.4. The summed E-state index contributed by atoms with van der Waals surface area (Å²) < 4.78 is 5.70. The summed E-state index contributed by atoms with van der Waals surface area (Å²) in [6, 6.07) is 26.9. The molecule has 58 heavy (non-hydrogen) atoms. The van der Waals surface area contributed by atoms with Gasteiger partial charge in [0.05, 0.1) is 0 Å². The molecule has 2 bridgehead atoms. The lowest BCUT2D eigenvalue weighted by molar-refractivity contribution is -0.142. The molecular formula is C44H41Cl2N5O7. The second-order valence-electron chi connectivity index (χ2n) is 13.9. The van der Waals surface area contributed by atoms with Gasteiger partial charge < -0.3 is 31.1 Å². The zero-order valence-corrected chi connectivity index (χ0v) is 32.7. The summed E-state index contributed by atoms with van der Waals surface area (Å²) >= 11 is 12.7. The number of ether oxygens (including phenoxy) is 1. The van der Waals surface area contributed by atoms with Gasteiger partial charge in [-0.15, -0.1) is 0 Å². The predicted octanol–water partition coefficient (Wildman–Crippen LogP) is 5.13. The highest BCUT2D eigenvalue weighted by Gasteiger charge is 2.32. The monoisotopic (exact) mass is 821 g/mol. The van der Waals surface area contributed by atoms with Gasteiger partial charge in [0.15, 0.2) is 6.61 Å². The van der Waals surface area contributed by atoms with Crippen LogP contribution in [0, 0.1) is 0 Å². The number of aryl methyl sites for hydroxylation is 1. The zero-order valence-electron chi connectivity index (χ0n) is 31.2. The fourth-order valence-corrected chi connectivity index (χ4v) is 7.00. The molecule has 4 atom stereocenters. The fraction of sp³-hybridized carbons (Fsp3) is 0.227. The highest BCUT2D eigenvalue weighted by molar-refractivity contribution is 6.35. The molecule has 5 N–H and O–H groups in total. The van der Waals surface area contributed by atoms with E-state index in [1.165, 1.54) is 6.07 Å². The Labute approximate surface area is 345 Å². The van der Waals surface area contributed by atoms with Gasteiger partial charge in [0.25, 0.3) is 5.91 Å². The van der Waals surface area contributed by atoms with Gasteiger partial charge in [-0.2, -0.15) is 0 Å². The molecule has 2 aliphatic heterocycles. The third-order valence-electron chi connectivity index (χ3n) is 9.68. The number of hydrogen-bond donors (Lipinski definition) is 5. The molecule has 5 aromatic rings. The second kappa shape index (κ2) is 19.8. The Bertz CT molecular complexity index is 2230. The third kappa shape index (κ3) is 11.7. The lowest BCUT2D eigenvalue weighted by atomic mass is 9.98. The van der Waals surface area contributed by atoms with E-state index in [1.807, 2.05) is 54.6 Å². The van der Waals surface area contributed by atoms with E-state index in [0.29, 0.717) is 33.9 Å². The van der Waals surface area contributed by atoms with Crippen LogP contribution in [-0.4, -0.2) is 70.5 Å². The first-order valence-electron chi connectivity index (χ1n) is 18.6. The van der Waals surface area contributed by atoms with E-state index in [0.717, 1.165) is 16.7 Å². The minimum atomic E-state index is -1.38. The Morgan fingerprint density at radius 1 is 0.690 bits per heavy atom. The highest BCUT2D eigenvalue weighted by Crippen LogP contribution is 2.23. The van der Waals surface area contributed by atoms with Crippen molar-refractivity contribution in [3.63, 3.8) is 0 Å². The molecule has 4 aromatic carbocycles. The third-order valence-corrected chi connectivity index (χ3v) is 10.3. The summed E-state index contributed by atoms with van der Waals surface area (Å²) in [7, 11) is 0. The van der Waals surface area contributed by atoms with Crippen molar-refractivity contribution in [1.82, 2.24) is 26.3 Å². The molecule has 1 aromatic heterocycles. The summed E-state index contributed by atoms with van der Waals surface area (Å²) in [5.74, 6) is -3.70. The number of nitrogens with one attached hydrogen (secondary N) is 4. The number of amides is 4. The molecule has 0 fully saturated rings. The largest absolute Gasteiger partial charge is 0.484 e. The SMILES string of the molecule is O=C1COc2ccc(cc2)CC(C(=O)O)NC(=O)C(Cc2ccc(Cl)cc2Cl)NC(=O)C(Cc2ccc(-c3ccccc3)cc2)NC(=O)C(CCc2ccncc2)N1. The highest BCUT2D eigenvalue weighted by atomic mass is 35.5. The average molecular weight is 823 g/mol. The molecule has 12 nitrogen and oxygen atoms in total. The number of carboxylic acids is 1. The van der Waals surface area contributed by atoms with Crippen LogP contribution in [0.25, 0.3) is 11.1 Å². The fourth-order valence-electron chi connectivity index (χ4n) is 6.51. The van der Waals surface area contributed by atoms with Gasteiger partial charge in [-0.3, -0.25) is 24.2 Å². The number of pyridine rings is 1. The first-order chi connectivity index (χ1) is 28.0. The van der Waals surface area contributed by atoms with E-state index < -0.39 is 60.4 Å². The van der Waals surface area contributed by atoms with Gasteiger partial charge in [0.2, 0.25) is 17.7 Å². The Kier molecular flexibility index (Phi) is 14.1. The van der Waals surface area contributed by atoms with E-state index in [4.69, 9.17) is 27.9 Å². The lowest BCUT2D eigenvalue weighted by Gasteiger charge is -2.26. The maximum Gasteiger partial charge on any atom is 0.326 e. The molecule has 7 rings (SSSR count). The molecule has 0 saturated heterocycles. The second-order valence-corrected chi connectivity index (χ2v) is 14.7. The van der Waals surface area contributed by atoms with Crippen LogP contribution < -0.4 is 26.0 Å². The minimum absolute atomic E-state index is 0.00252. The average Bonchev–Trinajstić information content (AvgIpc) is 3.22. The lowest BCUT2D eigenvalue weighted by Crippen LogP contribution is -2.59. The first kappa shape index (κ1) is 41.4. The van der Waals surface area contributed by atoms with Gasteiger partial charge in [-0.1, -0.05) is 96.0 Å². The summed E-state index contributed by atoms with van der Waals surface area (Å²) in [6.07, 6.45) is 3.60. The van der Waals surface area contributed by atoms with Crippen LogP contribution in [0.1, 0.15) is 28.7 Å². The summed E-state index contributed by atoms with van der Waals surface area (Å²) in [5.41, 5.74) is 4.54. The summed E-state index contributed by atoms with van der Waals surface area (Å²) in [6.45, 7) is -0.418. The standard InChI is InChI=1S/C44H41Cl2N5O7/c45-33-14-13-32(35(46)25-33)24-38-43(55)51-39(44(56)57)23-29-8-15-34(16-9-29)58-26-40(52)48-36(17-10-27-18-20-47-21-19-27)41(53)49-37(42(54)50-38)22-28-6-11-31(12-7-28)30-4-2-1-3-5-30/h1-9,11-16,18-21,25,36-39H,10,17,22-24,26H2,(H,48,52)(H,49,53)(H,50,54)(H,51,55)(H,56,57). The quantitative estimate of drug-likeness (QED) is 0.127. The molecule has 298 valence electrons. The van der Waals surface area contributed by atoms with Gasteiger partial charge in [-0.25, -0.2) is 4.79 Å². The van der Waals surface area contributed by atoms with Crippen molar-refractivity contribution in [3.05, 3.63) is 154 Å². The van der Waals surface area contributed by atoms with Crippen LogP contribution in [0.2, 0.25) is 10.0 Å². The van der Waals surface area contributed by atoms with Gasteiger partial charge >= 0.3 is 5.97 Å². The van der Waals surface area contributed by atoms with Crippen molar-refractivity contribution >= 4 is 52.8 Å². The predicted molar refractivity (Wildman–Crippen MR) is 219 cm³/mol. The topological polar surface area (TPSA) is 176 Å². The normalized spacial score (nSPS) is 19.3. The summed E-state index contributed by atoms with van der Waals surface area (Å²) in [5, 5.41) is 21.7. The van der Waals surface area contributed by atoms with Crippen LogP contribution in [0.5, 0.6) is 5.75 Å². The van der Waals surface area contributed by atoms with Crippen LogP contribution in [-0.2, 0) is 49.7 Å². The molecule has 4 unspecified atom stereocenters. The maximum atomic E-state index is 14.4. The number of hydrogen-bond acceptors (Lipinski definition) is 7. The number of benzene rings is 4. The van der Waals surface area contributed by atoms with Crippen molar-refractivity contribution in [3.8, 4) is 16.9 Å². The molecule has 14 heteroatoms. The number of aromatic nitrogens is 1. The number of carbonyl (C=O) groups excluding carboxylic acids is 4. The molecular weight excluding hydrogens is 781 g/mol. The van der Waals surface area contributed by atoms with Crippen LogP contribution >= 0.6 is 23.2 Å². The molecule has 4 amide bonds. The van der Waals surface area contributed by atoms with E-state index in [2.05, 4.69) is 26.3 Å². The number of fused-ring (bicyclic) bond motifs is 16. The van der Waals surface area contributed by atoms with Crippen molar-refractivity contribution in [1.29, 1.82) is 0 Å². The Morgan fingerprint density at radius 3 is 2.00 bits per heavy atom. The van der Waals surface area contributed by atoms with Crippen molar-refractivity contribution in [2.24, 2.45) is 0 Å². The van der Waals surface area contributed by atoms with Gasteiger partial charge in [-0.05, 0) is 82.6 Å². The Hall–Kier alpha value is -6.24. The minimum Gasteiger partial charge on any atom is -0.484 e. The number of carboxylic acid groups (broad SMARTS) is 1. The molecule has 0 aliphatic carbocycles. The van der Waals surface area contributed by atoms with Crippen LogP contribution in [0.15, 0.2) is 122 Å². The number of rotatable bonds is 9. The van der Waals surface area contributed by atoms with Crippen molar-refractivity contribution < 1.29 is 33.8 Å². The molecule has 3 heterocycles. The zero-order chi connectivity index (χ0) is 41.0. The first-order valence-corrected chi connectivity index (χ1v) is 19.4. The smallest absolute Gasteiger partial charge is 0.326 e. The molecule has 2 aliphatic rings. The van der Waals surface area contributed by atoms with E-state index >= 15 is 0 Å². The molecule has 0 spiro atoms. The Morgan fingerprint density at radius 2 is 1.33 bits per heavy atom. The van der Waals surface area contributed by atoms with E-state index in [9.17, 15) is 29.1 Å². The Balaban J connectivity index is 1.35. The number of carbonyl (C=O) groups is 5. The summed E-state index contributed by atoms with van der Waals surface area (Å²) in [4.78, 5) is 72.4. The van der Waals surface area contributed by atoms with E-state index in [1.54, 1.807) is 60.9 Å². The number of nitrogens with zero attached hydrogens (tertiary/aromatic N) is 1. The molecule has 0 radical (unpaired) electrons. The van der Waals surface area contributed by atoms with Crippen LogP contribution in [0.3, 0.4) is 0 Å².